The maximum absolute atomic E-state index is 12.9. The summed E-state index contributed by atoms with van der Waals surface area (Å²) in [5.41, 5.74) is 2.03. The number of aromatic nitrogens is 1. The second kappa shape index (κ2) is 7.85. The Kier molecular flexibility index (Phi) is 5.57. The van der Waals surface area contributed by atoms with Crippen LogP contribution in [0.25, 0.3) is 10.9 Å². The first-order chi connectivity index (χ1) is 12.1. The summed E-state index contributed by atoms with van der Waals surface area (Å²) in [5.74, 6) is -0.221. The first-order valence-corrected chi connectivity index (χ1v) is 9.55. The van der Waals surface area contributed by atoms with Crippen LogP contribution in [0.4, 0.5) is 0 Å². The Labute approximate surface area is 149 Å². The lowest BCUT2D eigenvalue weighted by atomic mass is 9.96. The summed E-state index contributed by atoms with van der Waals surface area (Å²) in [7, 11) is 0. The number of fused-ring (bicyclic) bond motifs is 1. The van der Waals surface area contributed by atoms with E-state index in [1.807, 2.05) is 36.6 Å². The lowest BCUT2D eigenvalue weighted by Gasteiger charge is -2.21. The molecule has 3 rings (SSSR count). The largest absolute Gasteiger partial charge is 0.349 e. The fourth-order valence-electron chi connectivity index (χ4n) is 3.80. The van der Waals surface area contributed by atoms with E-state index >= 15 is 0 Å². The average Bonchev–Trinajstić information content (AvgIpc) is 2.57. The molecule has 1 heterocycles. The molecule has 0 spiro atoms. The van der Waals surface area contributed by atoms with Gasteiger partial charge in [-0.1, -0.05) is 43.7 Å². The third-order valence-electron chi connectivity index (χ3n) is 5.26. The summed E-state index contributed by atoms with van der Waals surface area (Å²) in [6.45, 7) is 4.72. The molecule has 0 atom stereocenters. The molecule has 1 aromatic heterocycles. The van der Waals surface area contributed by atoms with Crippen molar-refractivity contribution in [3.05, 3.63) is 45.7 Å². The van der Waals surface area contributed by atoms with Crippen LogP contribution in [0, 0.1) is 6.92 Å². The van der Waals surface area contributed by atoms with Gasteiger partial charge in [0.15, 0.2) is 0 Å². The lowest BCUT2D eigenvalue weighted by Crippen LogP contribution is -2.38. The molecule has 0 aliphatic heterocycles. The Hall–Kier alpha value is -2.10. The smallest absolute Gasteiger partial charge is 0.256 e. The van der Waals surface area contributed by atoms with Crippen LogP contribution in [-0.2, 0) is 6.54 Å². The predicted molar refractivity (Wildman–Crippen MR) is 102 cm³/mol. The van der Waals surface area contributed by atoms with Gasteiger partial charge >= 0.3 is 0 Å². The summed E-state index contributed by atoms with van der Waals surface area (Å²) >= 11 is 0. The zero-order valence-electron chi connectivity index (χ0n) is 15.3. The summed E-state index contributed by atoms with van der Waals surface area (Å²) in [5, 5.41) is 3.75. The fourth-order valence-corrected chi connectivity index (χ4v) is 3.80. The van der Waals surface area contributed by atoms with Gasteiger partial charge in [0.1, 0.15) is 5.56 Å². The molecule has 1 aliphatic rings. The van der Waals surface area contributed by atoms with Crippen LogP contribution >= 0.6 is 0 Å². The number of benzene rings is 1. The number of carbonyl (C=O) groups is 1. The molecule has 1 saturated carbocycles. The predicted octanol–water partition coefficient (Wildman–Crippen LogP) is 4.17. The van der Waals surface area contributed by atoms with E-state index in [1.165, 1.54) is 19.3 Å². The number of rotatable bonds is 3. The van der Waals surface area contributed by atoms with E-state index in [2.05, 4.69) is 5.32 Å². The number of aryl methyl sites for hydroxylation is 2. The fraction of sp³-hybridized carbons (Fsp3) is 0.524. The van der Waals surface area contributed by atoms with Crippen molar-refractivity contribution in [2.45, 2.75) is 71.4 Å². The molecule has 0 unspecified atom stereocenters. The first-order valence-electron chi connectivity index (χ1n) is 9.55. The van der Waals surface area contributed by atoms with Crippen molar-refractivity contribution < 1.29 is 4.79 Å². The minimum absolute atomic E-state index is 0.160. The Bertz CT molecular complexity index is 814. The maximum atomic E-state index is 12.9. The molecule has 25 heavy (non-hydrogen) atoms. The SMILES string of the molecule is CCn1cc(C(=O)NC2CCCCCCC2)c(=O)c2cc(C)ccc21. The molecule has 1 N–H and O–H groups in total. The van der Waals surface area contributed by atoms with Crippen LogP contribution in [0.1, 0.15) is 67.8 Å². The molecule has 4 heteroatoms. The highest BCUT2D eigenvalue weighted by molar-refractivity contribution is 5.97. The minimum atomic E-state index is -0.221. The summed E-state index contributed by atoms with van der Waals surface area (Å²) in [4.78, 5) is 25.7. The van der Waals surface area contributed by atoms with E-state index in [4.69, 9.17) is 0 Å². The van der Waals surface area contributed by atoms with Crippen LogP contribution in [0.3, 0.4) is 0 Å². The van der Waals surface area contributed by atoms with Crippen LogP contribution in [0.15, 0.2) is 29.2 Å². The lowest BCUT2D eigenvalue weighted by molar-refractivity contribution is 0.0929. The van der Waals surface area contributed by atoms with Crippen molar-refractivity contribution in [2.75, 3.05) is 0 Å². The van der Waals surface area contributed by atoms with Crippen molar-refractivity contribution in [1.82, 2.24) is 9.88 Å². The summed E-state index contributed by atoms with van der Waals surface area (Å²) < 4.78 is 1.99. The third kappa shape index (κ3) is 3.94. The van der Waals surface area contributed by atoms with Crippen LogP contribution in [0.5, 0.6) is 0 Å². The van der Waals surface area contributed by atoms with E-state index in [-0.39, 0.29) is 22.9 Å². The van der Waals surface area contributed by atoms with Crippen molar-refractivity contribution in [3.63, 3.8) is 0 Å². The molecule has 1 aliphatic carbocycles. The second-order valence-corrected chi connectivity index (χ2v) is 7.19. The number of carbonyl (C=O) groups excluding carboxylic acids is 1. The Balaban J connectivity index is 1.92. The molecule has 134 valence electrons. The van der Waals surface area contributed by atoms with Crippen molar-refractivity contribution in [1.29, 1.82) is 0 Å². The summed E-state index contributed by atoms with van der Waals surface area (Å²) in [6, 6.07) is 6.04. The van der Waals surface area contributed by atoms with Gasteiger partial charge in [0, 0.05) is 24.2 Å². The topological polar surface area (TPSA) is 51.1 Å². The molecular formula is C21H28N2O2. The maximum Gasteiger partial charge on any atom is 0.256 e. The molecule has 2 aromatic rings. The van der Waals surface area contributed by atoms with Gasteiger partial charge in [0.25, 0.3) is 5.91 Å². The number of nitrogens with one attached hydrogen (secondary N) is 1. The molecule has 0 radical (unpaired) electrons. The van der Waals surface area contributed by atoms with Crippen LogP contribution in [0.2, 0.25) is 0 Å². The molecule has 1 aromatic carbocycles. The Morgan fingerprint density at radius 1 is 1.16 bits per heavy atom. The zero-order chi connectivity index (χ0) is 17.8. The number of hydrogen-bond acceptors (Lipinski definition) is 2. The van der Waals surface area contributed by atoms with Crippen LogP contribution < -0.4 is 10.7 Å². The normalized spacial score (nSPS) is 16.4. The molecule has 4 nitrogen and oxygen atoms in total. The Morgan fingerprint density at radius 3 is 2.52 bits per heavy atom. The average molecular weight is 340 g/mol. The highest BCUT2D eigenvalue weighted by Gasteiger charge is 2.19. The number of nitrogens with zero attached hydrogens (tertiary/aromatic N) is 1. The van der Waals surface area contributed by atoms with Crippen molar-refractivity contribution in [2.24, 2.45) is 0 Å². The van der Waals surface area contributed by atoms with Gasteiger partial charge in [-0.05, 0) is 38.8 Å². The number of pyridine rings is 1. The van der Waals surface area contributed by atoms with E-state index in [0.717, 1.165) is 43.3 Å². The zero-order valence-corrected chi connectivity index (χ0v) is 15.3. The van der Waals surface area contributed by atoms with Gasteiger partial charge < -0.3 is 9.88 Å². The Morgan fingerprint density at radius 2 is 1.84 bits per heavy atom. The highest BCUT2D eigenvalue weighted by atomic mass is 16.2. The quantitative estimate of drug-likeness (QED) is 0.911. The first kappa shape index (κ1) is 17.7. The van der Waals surface area contributed by atoms with E-state index < -0.39 is 0 Å². The number of amides is 1. The number of hydrogen-bond donors (Lipinski definition) is 1. The van der Waals surface area contributed by atoms with Gasteiger partial charge in [0.05, 0.1) is 5.52 Å². The standard InChI is InChI=1S/C21H28N2O2/c1-3-23-14-18(20(24)17-13-15(2)11-12-19(17)23)21(25)22-16-9-7-5-4-6-8-10-16/h11-14,16H,3-10H2,1-2H3,(H,22,25). The second-order valence-electron chi connectivity index (χ2n) is 7.19. The molecule has 1 amide bonds. The summed E-state index contributed by atoms with van der Waals surface area (Å²) in [6.07, 6.45) is 9.83. The van der Waals surface area contributed by atoms with Gasteiger partial charge in [-0.3, -0.25) is 9.59 Å². The molecule has 0 bridgehead atoms. The van der Waals surface area contributed by atoms with Gasteiger partial charge in [-0.25, -0.2) is 0 Å². The van der Waals surface area contributed by atoms with E-state index in [1.54, 1.807) is 6.20 Å². The van der Waals surface area contributed by atoms with Crippen molar-refractivity contribution >= 4 is 16.8 Å². The molecular weight excluding hydrogens is 312 g/mol. The third-order valence-corrected chi connectivity index (χ3v) is 5.26. The van der Waals surface area contributed by atoms with E-state index in [9.17, 15) is 9.59 Å². The monoisotopic (exact) mass is 340 g/mol. The van der Waals surface area contributed by atoms with Crippen LogP contribution in [-0.4, -0.2) is 16.5 Å². The van der Waals surface area contributed by atoms with Gasteiger partial charge in [-0.2, -0.15) is 0 Å². The molecule has 1 fully saturated rings. The molecule has 0 saturated heterocycles. The highest BCUT2D eigenvalue weighted by Crippen LogP contribution is 2.18. The van der Waals surface area contributed by atoms with Crippen molar-refractivity contribution in [3.8, 4) is 0 Å². The van der Waals surface area contributed by atoms with E-state index in [0.29, 0.717) is 5.39 Å². The van der Waals surface area contributed by atoms with Gasteiger partial charge in [0.2, 0.25) is 5.43 Å². The van der Waals surface area contributed by atoms with Gasteiger partial charge in [-0.15, -0.1) is 0 Å². The minimum Gasteiger partial charge on any atom is -0.349 e.